The van der Waals surface area contributed by atoms with Crippen LogP contribution in [-0.4, -0.2) is 47.8 Å². The third-order valence-electron chi connectivity index (χ3n) is 12.6. The zero-order valence-corrected chi connectivity index (χ0v) is 42.3. The summed E-state index contributed by atoms with van der Waals surface area (Å²) in [6.07, 6.45) is 58.1. The predicted molar refractivity (Wildman–Crippen MR) is 268 cm³/mol. The normalized spacial score (nSPS) is 13.8. The first kappa shape index (κ1) is 61.2. The number of aliphatic hydroxyl groups is 1. The quantitative estimate of drug-likeness (QED) is 0.0272. The third-order valence-corrected chi connectivity index (χ3v) is 13.6. The average Bonchev–Trinajstić information content (AvgIpc) is 3.26. The lowest BCUT2D eigenvalue weighted by atomic mass is 10.0. The van der Waals surface area contributed by atoms with Crippen LogP contribution in [0, 0.1) is 0 Å². The maximum atomic E-state index is 12.9. The SMILES string of the molecule is CCCCCCCCCC/C=C\CCCCCCCCCCCCCC(=O)NC(COP(=O)(O)OCCN)C(O)CCCCCCCCCCCCCCCCCCCCCC. The molecule has 0 saturated heterocycles. The van der Waals surface area contributed by atoms with Gasteiger partial charge in [0, 0.05) is 13.0 Å². The van der Waals surface area contributed by atoms with Crippen molar-refractivity contribution in [1.82, 2.24) is 5.32 Å². The molecule has 3 atom stereocenters. The van der Waals surface area contributed by atoms with E-state index in [0.29, 0.717) is 12.8 Å². The van der Waals surface area contributed by atoms with E-state index in [4.69, 9.17) is 14.8 Å². The second kappa shape index (κ2) is 49.7. The fourth-order valence-corrected chi connectivity index (χ4v) is 9.25. The van der Waals surface area contributed by atoms with Crippen LogP contribution in [0.15, 0.2) is 12.2 Å². The van der Waals surface area contributed by atoms with Gasteiger partial charge >= 0.3 is 7.82 Å². The molecule has 0 aliphatic rings. The van der Waals surface area contributed by atoms with Crippen LogP contribution >= 0.6 is 7.82 Å². The second-order valence-corrected chi connectivity index (χ2v) is 20.2. The molecular formula is C53H107N2O6P. The highest BCUT2D eigenvalue weighted by Crippen LogP contribution is 2.43. The van der Waals surface area contributed by atoms with E-state index >= 15 is 0 Å². The fourth-order valence-electron chi connectivity index (χ4n) is 8.49. The van der Waals surface area contributed by atoms with Gasteiger partial charge in [-0.3, -0.25) is 13.8 Å². The summed E-state index contributed by atoms with van der Waals surface area (Å²) in [5, 5.41) is 13.9. The Kier molecular flexibility index (Phi) is 49.1. The van der Waals surface area contributed by atoms with Crippen molar-refractivity contribution >= 4 is 13.7 Å². The highest BCUT2D eigenvalue weighted by Gasteiger charge is 2.27. The van der Waals surface area contributed by atoms with Crippen LogP contribution in [0.3, 0.4) is 0 Å². The molecule has 0 aliphatic heterocycles. The lowest BCUT2D eigenvalue weighted by molar-refractivity contribution is -0.123. The number of nitrogens with one attached hydrogen (secondary N) is 1. The van der Waals surface area contributed by atoms with Gasteiger partial charge in [-0.2, -0.15) is 0 Å². The van der Waals surface area contributed by atoms with Crippen molar-refractivity contribution in [1.29, 1.82) is 0 Å². The number of unbranched alkanes of at least 4 members (excludes halogenated alkanes) is 38. The Balaban J connectivity index is 3.98. The number of phosphoric ester groups is 1. The number of nitrogens with two attached hydrogens (primary N) is 1. The van der Waals surface area contributed by atoms with Crippen LogP contribution in [0.4, 0.5) is 0 Å². The molecule has 1 amide bonds. The van der Waals surface area contributed by atoms with Crippen LogP contribution in [0.1, 0.15) is 290 Å². The van der Waals surface area contributed by atoms with E-state index in [9.17, 15) is 19.4 Å². The Bertz CT molecular complexity index is 984. The van der Waals surface area contributed by atoms with E-state index in [1.165, 1.54) is 225 Å². The molecule has 3 unspecified atom stereocenters. The van der Waals surface area contributed by atoms with E-state index in [2.05, 4.69) is 31.3 Å². The molecule has 0 spiro atoms. The Morgan fingerprint density at radius 2 is 0.839 bits per heavy atom. The van der Waals surface area contributed by atoms with Gasteiger partial charge in [-0.05, 0) is 38.5 Å². The Morgan fingerprint density at radius 1 is 0.516 bits per heavy atom. The van der Waals surface area contributed by atoms with Gasteiger partial charge in [0.2, 0.25) is 5.91 Å². The molecule has 0 aromatic carbocycles. The number of hydrogen-bond donors (Lipinski definition) is 4. The van der Waals surface area contributed by atoms with Crippen LogP contribution in [0.25, 0.3) is 0 Å². The number of amides is 1. The predicted octanol–water partition coefficient (Wildman–Crippen LogP) is 16.3. The molecule has 0 saturated carbocycles. The first-order valence-corrected chi connectivity index (χ1v) is 28.8. The summed E-state index contributed by atoms with van der Waals surface area (Å²) in [6.45, 7) is 4.26. The smallest absolute Gasteiger partial charge is 0.391 e. The van der Waals surface area contributed by atoms with Crippen molar-refractivity contribution in [2.75, 3.05) is 19.8 Å². The van der Waals surface area contributed by atoms with Crippen molar-refractivity contribution in [3.05, 3.63) is 12.2 Å². The minimum atomic E-state index is -4.32. The van der Waals surface area contributed by atoms with E-state index in [-0.39, 0.29) is 25.7 Å². The van der Waals surface area contributed by atoms with Gasteiger partial charge in [-0.25, -0.2) is 4.57 Å². The highest BCUT2D eigenvalue weighted by atomic mass is 31.2. The topological polar surface area (TPSA) is 131 Å². The average molecular weight is 899 g/mol. The van der Waals surface area contributed by atoms with Gasteiger partial charge in [-0.15, -0.1) is 0 Å². The van der Waals surface area contributed by atoms with Crippen LogP contribution in [0.2, 0.25) is 0 Å². The van der Waals surface area contributed by atoms with Crippen molar-refractivity contribution in [3.63, 3.8) is 0 Å². The van der Waals surface area contributed by atoms with Gasteiger partial charge in [-0.1, -0.05) is 257 Å². The molecule has 5 N–H and O–H groups in total. The second-order valence-electron chi connectivity index (χ2n) is 18.8. The van der Waals surface area contributed by atoms with Gasteiger partial charge in [0.25, 0.3) is 0 Å². The molecule has 0 fully saturated rings. The highest BCUT2D eigenvalue weighted by molar-refractivity contribution is 7.47. The van der Waals surface area contributed by atoms with Crippen LogP contribution < -0.4 is 11.1 Å². The Morgan fingerprint density at radius 3 is 1.19 bits per heavy atom. The summed E-state index contributed by atoms with van der Waals surface area (Å²) in [5.74, 6) is -0.157. The molecule has 0 bridgehead atoms. The summed E-state index contributed by atoms with van der Waals surface area (Å²) >= 11 is 0. The Hall–Kier alpha value is -0.760. The largest absolute Gasteiger partial charge is 0.472 e. The lowest BCUT2D eigenvalue weighted by Crippen LogP contribution is -2.46. The van der Waals surface area contributed by atoms with E-state index in [1.54, 1.807) is 0 Å². The Labute approximate surface area is 385 Å². The lowest BCUT2D eigenvalue weighted by Gasteiger charge is -2.25. The number of phosphoric acid groups is 1. The van der Waals surface area contributed by atoms with Crippen molar-refractivity contribution < 1.29 is 28.4 Å². The minimum Gasteiger partial charge on any atom is -0.391 e. The summed E-state index contributed by atoms with van der Waals surface area (Å²) in [7, 11) is -4.32. The molecule has 62 heavy (non-hydrogen) atoms. The maximum absolute atomic E-state index is 12.9. The van der Waals surface area contributed by atoms with Crippen molar-refractivity contribution in [2.45, 2.75) is 302 Å². The molecule has 0 radical (unpaired) electrons. The maximum Gasteiger partial charge on any atom is 0.472 e. The molecule has 0 rings (SSSR count). The van der Waals surface area contributed by atoms with E-state index in [0.717, 1.165) is 38.5 Å². The van der Waals surface area contributed by atoms with E-state index in [1.807, 2.05) is 0 Å². The third kappa shape index (κ3) is 47.2. The van der Waals surface area contributed by atoms with Gasteiger partial charge < -0.3 is 21.1 Å². The number of carbonyl (C=O) groups is 1. The zero-order chi connectivity index (χ0) is 45.3. The number of carbonyl (C=O) groups excluding carboxylic acids is 1. The minimum absolute atomic E-state index is 0.0911. The first-order valence-electron chi connectivity index (χ1n) is 27.3. The molecule has 8 nitrogen and oxygen atoms in total. The summed E-state index contributed by atoms with van der Waals surface area (Å²) < 4.78 is 22.3. The monoisotopic (exact) mass is 899 g/mol. The number of hydrogen-bond acceptors (Lipinski definition) is 6. The number of rotatable bonds is 52. The standard InChI is InChI=1S/C53H107N2O6P/c1-3-5-7-9-11-13-15-17-19-21-23-25-26-27-29-31-33-35-37-39-41-43-45-47-53(57)55-51(50-61-62(58,59)60-49-48-54)52(56)46-44-42-40-38-36-34-32-30-28-24-22-20-18-16-14-12-10-8-6-4-2/h21,23,51-52,56H,3-20,22,24-50,54H2,1-2H3,(H,55,57)(H,58,59)/b23-21-. The molecule has 0 aromatic heterocycles. The van der Waals surface area contributed by atoms with Crippen molar-refractivity contribution in [3.8, 4) is 0 Å². The van der Waals surface area contributed by atoms with Gasteiger partial charge in [0.15, 0.2) is 0 Å². The zero-order valence-electron chi connectivity index (χ0n) is 41.4. The van der Waals surface area contributed by atoms with Crippen LogP contribution in [-0.2, 0) is 18.4 Å². The number of aliphatic hydroxyl groups excluding tert-OH is 1. The summed E-state index contributed by atoms with van der Waals surface area (Å²) in [4.78, 5) is 22.9. The van der Waals surface area contributed by atoms with Gasteiger partial charge in [0.05, 0.1) is 25.4 Å². The molecular weight excluding hydrogens is 792 g/mol. The molecule has 0 aliphatic carbocycles. The first-order chi connectivity index (χ1) is 30.4. The van der Waals surface area contributed by atoms with Gasteiger partial charge in [0.1, 0.15) is 0 Å². The molecule has 0 heterocycles. The number of allylic oxidation sites excluding steroid dienone is 2. The summed E-state index contributed by atoms with van der Waals surface area (Å²) in [6, 6.07) is -0.772. The molecule has 370 valence electrons. The fraction of sp³-hybridized carbons (Fsp3) is 0.943. The van der Waals surface area contributed by atoms with E-state index < -0.39 is 20.0 Å². The molecule has 9 heteroatoms. The van der Waals surface area contributed by atoms with Crippen LogP contribution in [0.5, 0.6) is 0 Å². The van der Waals surface area contributed by atoms with Crippen molar-refractivity contribution in [2.24, 2.45) is 5.73 Å². The summed E-state index contributed by atoms with van der Waals surface area (Å²) in [5.41, 5.74) is 5.41. The molecule has 0 aromatic rings.